The maximum Gasteiger partial charge on any atom is 0.292 e. The topological polar surface area (TPSA) is 96.6 Å². The van der Waals surface area contributed by atoms with Crippen molar-refractivity contribution in [2.24, 2.45) is 4.99 Å². The Morgan fingerprint density at radius 3 is 2.77 bits per heavy atom. The van der Waals surface area contributed by atoms with Crippen molar-refractivity contribution in [2.75, 3.05) is 12.4 Å². The maximum atomic E-state index is 12.2. The van der Waals surface area contributed by atoms with Gasteiger partial charge in [-0.3, -0.25) is 14.9 Å². The molecule has 1 heterocycles. The zero-order valence-electron chi connectivity index (χ0n) is 14.1. The molecule has 2 aromatic carbocycles. The van der Waals surface area contributed by atoms with Crippen LogP contribution in [0.1, 0.15) is 11.1 Å². The molecule has 0 atom stereocenters. The van der Waals surface area contributed by atoms with Gasteiger partial charge in [0.05, 0.1) is 15.5 Å². The Balaban J connectivity index is 1.87. The van der Waals surface area contributed by atoms with Crippen LogP contribution in [0, 0.1) is 17.0 Å². The molecule has 0 saturated carbocycles. The van der Waals surface area contributed by atoms with E-state index in [4.69, 9.17) is 0 Å². The van der Waals surface area contributed by atoms with Crippen LogP contribution in [-0.4, -0.2) is 23.0 Å². The highest BCUT2D eigenvalue weighted by atomic mass is 32.2. The molecule has 0 bridgehead atoms. The van der Waals surface area contributed by atoms with E-state index in [1.165, 1.54) is 17.8 Å². The van der Waals surface area contributed by atoms with Crippen LogP contribution in [0.2, 0.25) is 0 Å². The molecule has 1 aliphatic heterocycles. The van der Waals surface area contributed by atoms with Crippen molar-refractivity contribution < 1.29 is 9.72 Å². The van der Waals surface area contributed by atoms with Crippen LogP contribution in [-0.2, 0) is 4.79 Å². The first-order chi connectivity index (χ1) is 12.5. The molecule has 8 heteroatoms. The van der Waals surface area contributed by atoms with Gasteiger partial charge >= 0.3 is 0 Å². The minimum Gasteiger partial charge on any atom is -0.383 e. The van der Waals surface area contributed by atoms with E-state index in [1.54, 1.807) is 25.3 Å². The normalized spacial score (nSPS) is 16.8. The molecule has 7 nitrogen and oxygen atoms in total. The van der Waals surface area contributed by atoms with Crippen LogP contribution in [0.3, 0.4) is 0 Å². The molecule has 0 radical (unpaired) electrons. The van der Waals surface area contributed by atoms with Gasteiger partial charge in [0.1, 0.15) is 5.69 Å². The maximum absolute atomic E-state index is 12.2. The lowest BCUT2D eigenvalue weighted by Gasteiger charge is -2.03. The molecule has 0 unspecified atom stereocenters. The van der Waals surface area contributed by atoms with Crippen LogP contribution in [0.25, 0.3) is 6.08 Å². The van der Waals surface area contributed by atoms with Crippen molar-refractivity contribution in [1.82, 2.24) is 5.32 Å². The quantitative estimate of drug-likeness (QED) is 0.486. The van der Waals surface area contributed by atoms with E-state index in [0.29, 0.717) is 21.3 Å². The van der Waals surface area contributed by atoms with Crippen LogP contribution < -0.4 is 10.6 Å². The molecular weight excluding hydrogens is 352 g/mol. The fourth-order valence-electron chi connectivity index (χ4n) is 2.45. The van der Waals surface area contributed by atoms with Gasteiger partial charge < -0.3 is 10.6 Å². The summed E-state index contributed by atoms with van der Waals surface area (Å²) in [5, 5.41) is 17.1. The monoisotopic (exact) mass is 368 g/mol. The van der Waals surface area contributed by atoms with E-state index in [9.17, 15) is 14.9 Å². The number of nitrogens with one attached hydrogen (secondary N) is 2. The van der Waals surface area contributed by atoms with Crippen molar-refractivity contribution in [1.29, 1.82) is 0 Å². The summed E-state index contributed by atoms with van der Waals surface area (Å²) in [6.07, 6.45) is 1.62. The molecule has 0 spiro atoms. The number of amidine groups is 1. The lowest BCUT2D eigenvalue weighted by molar-refractivity contribution is -0.384. The van der Waals surface area contributed by atoms with E-state index < -0.39 is 4.92 Å². The average molecular weight is 368 g/mol. The minimum absolute atomic E-state index is 0.0427. The van der Waals surface area contributed by atoms with Gasteiger partial charge in [0.25, 0.3) is 11.6 Å². The second kappa shape index (κ2) is 7.40. The highest BCUT2D eigenvalue weighted by molar-refractivity contribution is 8.18. The first-order valence-corrected chi connectivity index (χ1v) is 8.60. The predicted octanol–water partition coefficient (Wildman–Crippen LogP) is 3.84. The van der Waals surface area contributed by atoms with Gasteiger partial charge in [-0.1, -0.05) is 18.2 Å². The zero-order chi connectivity index (χ0) is 18.7. The van der Waals surface area contributed by atoms with Gasteiger partial charge in [0.2, 0.25) is 0 Å². The molecule has 26 heavy (non-hydrogen) atoms. The number of nitrogens with zero attached hydrogens (tertiary/aromatic N) is 2. The molecule has 1 amide bonds. The summed E-state index contributed by atoms with van der Waals surface area (Å²) in [6, 6.07) is 12.4. The lowest BCUT2D eigenvalue weighted by Crippen LogP contribution is -2.19. The lowest BCUT2D eigenvalue weighted by atomic mass is 10.1. The van der Waals surface area contributed by atoms with Gasteiger partial charge in [-0.25, -0.2) is 4.99 Å². The van der Waals surface area contributed by atoms with Gasteiger partial charge in [0.15, 0.2) is 5.17 Å². The van der Waals surface area contributed by atoms with Crippen molar-refractivity contribution in [2.45, 2.75) is 6.92 Å². The fourth-order valence-corrected chi connectivity index (χ4v) is 3.29. The molecule has 3 rings (SSSR count). The molecule has 1 aliphatic rings. The SMILES string of the molecule is CNc1ccc(/C=C2\SC(=Nc3cccc(C)c3)NC2=O)cc1[N+](=O)[O-]. The Bertz CT molecular complexity index is 953. The van der Waals surface area contributed by atoms with E-state index in [1.807, 2.05) is 31.2 Å². The molecule has 0 aliphatic carbocycles. The fraction of sp³-hybridized carbons (Fsp3) is 0.111. The van der Waals surface area contributed by atoms with E-state index in [0.717, 1.165) is 11.3 Å². The van der Waals surface area contributed by atoms with Crippen LogP contribution in [0.15, 0.2) is 52.4 Å². The Morgan fingerprint density at radius 2 is 2.08 bits per heavy atom. The number of carbonyl (C=O) groups excluding carboxylic acids is 1. The van der Waals surface area contributed by atoms with Crippen LogP contribution in [0.5, 0.6) is 0 Å². The van der Waals surface area contributed by atoms with Crippen molar-refractivity contribution in [3.05, 3.63) is 68.6 Å². The number of anilines is 1. The molecule has 0 aromatic heterocycles. The minimum atomic E-state index is -0.458. The first-order valence-electron chi connectivity index (χ1n) is 7.79. The van der Waals surface area contributed by atoms with E-state index in [2.05, 4.69) is 15.6 Å². The number of aliphatic imine (C=N–C) groups is 1. The van der Waals surface area contributed by atoms with Gasteiger partial charge in [0, 0.05) is 13.1 Å². The predicted molar refractivity (Wildman–Crippen MR) is 105 cm³/mol. The first kappa shape index (κ1) is 17.7. The zero-order valence-corrected chi connectivity index (χ0v) is 15.0. The highest BCUT2D eigenvalue weighted by Gasteiger charge is 2.24. The smallest absolute Gasteiger partial charge is 0.292 e. The third-order valence-corrected chi connectivity index (χ3v) is 4.58. The summed E-state index contributed by atoms with van der Waals surface area (Å²) in [6.45, 7) is 1.97. The summed E-state index contributed by atoms with van der Waals surface area (Å²) >= 11 is 1.20. The largest absolute Gasteiger partial charge is 0.383 e. The summed E-state index contributed by atoms with van der Waals surface area (Å²) in [4.78, 5) is 27.7. The van der Waals surface area contributed by atoms with Gasteiger partial charge in [-0.2, -0.15) is 0 Å². The summed E-state index contributed by atoms with van der Waals surface area (Å²) in [7, 11) is 1.62. The van der Waals surface area contributed by atoms with Crippen molar-refractivity contribution in [3.8, 4) is 0 Å². The number of hydrogen-bond acceptors (Lipinski definition) is 6. The van der Waals surface area contributed by atoms with Gasteiger partial charge in [-0.05, 0) is 54.1 Å². The molecule has 2 aromatic rings. The Labute approximate surface area is 154 Å². The third-order valence-electron chi connectivity index (χ3n) is 3.67. The molecule has 1 fully saturated rings. The van der Waals surface area contributed by atoms with Crippen molar-refractivity contribution >= 4 is 46.0 Å². The third kappa shape index (κ3) is 3.92. The Morgan fingerprint density at radius 1 is 1.27 bits per heavy atom. The molecule has 1 saturated heterocycles. The van der Waals surface area contributed by atoms with Crippen LogP contribution in [0.4, 0.5) is 17.1 Å². The van der Waals surface area contributed by atoms with E-state index >= 15 is 0 Å². The number of amides is 1. The number of thioether (sulfide) groups is 1. The highest BCUT2D eigenvalue weighted by Crippen LogP contribution is 2.31. The summed E-state index contributed by atoms with van der Waals surface area (Å²) in [5.41, 5.74) is 2.78. The second-order valence-electron chi connectivity index (χ2n) is 5.60. The second-order valence-corrected chi connectivity index (χ2v) is 6.64. The molecule has 132 valence electrons. The Kier molecular flexibility index (Phi) is 5.04. The number of carbonyl (C=O) groups is 1. The Hall–Kier alpha value is -3.13. The molecular formula is C18H16N4O3S. The van der Waals surface area contributed by atoms with Gasteiger partial charge in [-0.15, -0.1) is 0 Å². The van der Waals surface area contributed by atoms with Crippen LogP contribution >= 0.6 is 11.8 Å². The number of nitro groups is 1. The van der Waals surface area contributed by atoms with Crippen molar-refractivity contribution in [3.63, 3.8) is 0 Å². The number of benzene rings is 2. The summed E-state index contributed by atoms with van der Waals surface area (Å²) < 4.78 is 0. The number of nitro benzene ring substituents is 1. The standard InChI is InChI=1S/C18H16N4O3S/c1-11-4-3-5-13(8-11)20-18-21-17(23)16(26-18)10-12-6-7-14(19-2)15(9-12)22(24)25/h3-10,19H,1-2H3,(H,20,21,23)/b16-10-. The average Bonchev–Trinajstić information content (AvgIpc) is 2.94. The molecule has 2 N–H and O–H groups in total. The number of rotatable bonds is 4. The van der Waals surface area contributed by atoms with E-state index in [-0.39, 0.29) is 11.6 Å². The number of hydrogen-bond donors (Lipinski definition) is 2. The number of aryl methyl sites for hydroxylation is 1. The summed E-state index contributed by atoms with van der Waals surface area (Å²) in [5.74, 6) is -0.276.